The van der Waals surface area contributed by atoms with Crippen LogP contribution >= 0.6 is 22.9 Å². The van der Waals surface area contributed by atoms with Crippen LogP contribution in [0.5, 0.6) is 0 Å². The van der Waals surface area contributed by atoms with Gasteiger partial charge in [0.25, 0.3) is 5.56 Å². The molecule has 1 aromatic heterocycles. The van der Waals surface area contributed by atoms with E-state index in [-0.39, 0.29) is 33.4 Å². The Morgan fingerprint density at radius 2 is 1.97 bits per heavy atom. The molecule has 32 heavy (non-hydrogen) atoms. The molecular weight excluding hydrogens is 451 g/mol. The lowest BCUT2D eigenvalue weighted by molar-refractivity contribution is -0.131. The number of nitrogens with zero attached hydrogens (tertiary/aromatic N) is 2. The van der Waals surface area contributed by atoms with Crippen molar-refractivity contribution in [2.24, 2.45) is 5.41 Å². The third-order valence-corrected chi connectivity index (χ3v) is 6.08. The molecule has 172 valence electrons. The first-order chi connectivity index (χ1) is 14.8. The van der Waals surface area contributed by atoms with Crippen LogP contribution in [0.4, 0.5) is 4.39 Å². The number of halogens is 2. The molecule has 2 rings (SSSR count). The second-order valence-electron chi connectivity index (χ2n) is 8.60. The van der Waals surface area contributed by atoms with Crippen molar-refractivity contribution in [2.45, 2.75) is 41.2 Å². The van der Waals surface area contributed by atoms with E-state index in [1.807, 2.05) is 13.8 Å². The molecule has 8 heteroatoms. The van der Waals surface area contributed by atoms with E-state index < -0.39 is 16.8 Å². The Morgan fingerprint density at radius 1 is 1.31 bits per heavy atom. The summed E-state index contributed by atoms with van der Waals surface area (Å²) in [6, 6.07) is 4.25. The molecule has 1 aromatic carbocycles. The first kappa shape index (κ1) is 25.7. The minimum atomic E-state index is -0.664. The lowest BCUT2D eigenvalue weighted by Gasteiger charge is -2.21. The van der Waals surface area contributed by atoms with E-state index in [0.29, 0.717) is 17.8 Å². The summed E-state index contributed by atoms with van der Waals surface area (Å²) in [5, 5.41) is 0.162. The SMILES string of the molecule is C=C(C)CN(CC)C(=O)Cn1c(=CC(=O)C(C)(C)C)sc(=Cc2c(F)cccc2Cl)c1=O. The van der Waals surface area contributed by atoms with E-state index in [1.54, 1.807) is 25.7 Å². The van der Waals surface area contributed by atoms with Crippen molar-refractivity contribution >= 4 is 46.8 Å². The van der Waals surface area contributed by atoms with E-state index in [9.17, 15) is 18.8 Å². The zero-order valence-corrected chi connectivity index (χ0v) is 20.6. The Balaban J connectivity index is 2.69. The van der Waals surface area contributed by atoms with Crippen molar-refractivity contribution in [3.8, 4) is 0 Å². The second-order valence-corrected chi connectivity index (χ2v) is 10.1. The Kier molecular flexibility index (Phi) is 8.37. The third kappa shape index (κ3) is 6.26. The van der Waals surface area contributed by atoms with E-state index in [2.05, 4.69) is 6.58 Å². The molecule has 0 spiro atoms. The van der Waals surface area contributed by atoms with Crippen molar-refractivity contribution < 1.29 is 14.0 Å². The van der Waals surface area contributed by atoms with Gasteiger partial charge in [-0.3, -0.25) is 19.0 Å². The highest BCUT2D eigenvalue weighted by atomic mass is 35.5. The van der Waals surface area contributed by atoms with Crippen LogP contribution in [-0.2, 0) is 16.1 Å². The summed E-state index contributed by atoms with van der Waals surface area (Å²) >= 11 is 7.13. The zero-order chi connectivity index (χ0) is 24.2. The summed E-state index contributed by atoms with van der Waals surface area (Å²) in [6.45, 7) is 13.4. The van der Waals surface area contributed by atoms with Gasteiger partial charge in [-0.05, 0) is 32.1 Å². The lowest BCUT2D eigenvalue weighted by atomic mass is 9.91. The number of aromatic nitrogens is 1. The highest BCUT2D eigenvalue weighted by Gasteiger charge is 2.21. The van der Waals surface area contributed by atoms with Crippen molar-refractivity contribution in [3.63, 3.8) is 0 Å². The number of likely N-dealkylation sites (N-methyl/N-ethyl adjacent to an activating group) is 1. The van der Waals surface area contributed by atoms with Gasteiger partial charge in [0.05, 0.1) is 9.55 Å². The van der Waals surface area contributed by atoms with Gasteiger partial charge in [-0.25, -0.2) is 4.39 Å². The number of amides is 1. The molecule has 0 N–H and O–H groups in total. The number of hydrogen-bond acceptors (Lipinski definition) is 4. The molecule has 0 fully saturated rings. The fraction of sp³-hybridized carbons (Fsp3) is 0.375. The fourth-order valence-electron chi connectivity index (χ4n) is 2.84. The zero-order valence-electron chi connectivity index (χ0n) is 19.0. The predicted octanol–water partition coefficient (Wildman–Crippen LogP) is 3.35. The number of rotatable bonds is 7. The molecule has 0 aliphatic carbocycles. The molecule has 2 aromatic rings. The molecule has 0 bridgehead atoms. The minimum absolute atomic E-state index is 0.0807. The van der Waals surface area contributed by atoms with Crippen LogP contribution in [0.3, 0.4) is 0 Å². The molecular formula is C24H28ClFN2O3S. The molecule has 0 aliphatic heterocycles. The van der Waals surface area contributed by atoms with Crippen LogP contribution in [0.2, 0.25) is 5.02 Å². The van der Waals surface area contributed by atoms with Gasteiger partial charge in [0.1, 0.15) is 17.0 Å². The normalized spacial score (nSPS) is 12.8. The topological polar surface area (TPSA) is 59.4 Å². The van der Waals surface area contributed by atoms with Crippen molar-refractivity contribution in [2.75, 3.05) is 13.1 Å². The summed E-state index contributed by atoms with van der Waals surface area (Å²) in [5.41, 5.74) is -0.252. The average Bonchev–Trinajstić information content (AvgIpc) is 2.96. The number of benzene rings is 1. The van der Waals surface area contributed by atoms with Gasteiger partial charge in [-0.15, -0.1) is 11.3 Å². The standard InChI is InChI=1S/C24H28ClFN2O3S/c1-7-27(13-15(2)3)21(30)14-28-22(12-20(29)24(4,5)6)32-19(23(28)31)11-16-17(25)9-8-10-18(16)26/h8-12H,2,7,13-14H2,1,3-6H3. The number of carbonyl (C=O) groups is 2. The van der Waals surface area contributed by atoms with Crippen molar-refractivity contribution in [1.82, 2.24) is 9.47 Å². The highest BCUT2D eigenvalue weighted by molar-refractivity contribution is 7.07. The van der Waals surface area contributed by atoms with Gasteiger partial charge in [-0.2, -0.15) is 0 Å². The predicted molar refractivity (Wildman–Crippen MR) is 129 cm³/mol. The van der Waals surface area contributed by atoms with E-state index in [1.165, 1.54) is 34.9 Å². The van der Waals surface area contributed by atoms with Crippen LogP contribution in [0.25, 0.3) is 12.2 Å². The number of Topliss-reactive ketones (excluding diaryl/α,β-unsaturated/α-hetero) is 1. The molecule has 0 saturated carbocycles. The quantitative estimate of drug-likeness (QED) is 0.573. The summed E-state index contributed by atoms with van der Waals surface area (Å²) in [5.74, 6) is -1.03. The van der Waals surface area contributed by atoms with E-state index in [0.717, 1.165) is 16.9 Å². The lowest BCUT2D eigenvalue weighted by Crippen LogP contribution is -2.41. The molecule has 0 saturated heterocycles. The molecule has 1 heterocycles. The average molecular weight is 479 g/mol. The van der Waals surface area contributed by atoms with E-state index in [4.69, 9.17) is 11.6 Å². The maximum absolute atomic E-state index is 14.3. The maximum atomic E-state index is 14.3. The van der Waals surface area contributed by atoms with Gasteiger partial charge in [0.2, 0.25) is 5.91 Å². The monoisotopic (exact) mass is 478 g/mol. The molecule has 0 unspecified atom stereocenters. The van der Waals surface area contributed by atoms with E-state index >= 15 is 0 Å². The third-order valence-electron chi connectivity index (χ3n) is 4.69. The van der Waals surface area contributed by atoms with Gasteiger partial charge in [0, 0.05) is 30.1 Å². The van der Waals surface area contributed by atoms with Crippen molar-refractivity contribution in [3.05, 3.63) is 66.3 Å². The second kappa shape index (κ2) is 10.4. The summed E-state index contributed by atoms with van der Waals surface area (Å²) < 4.78 is 16.0. The van der Waals surface area contributed by atoms with Gasteiger partial charge in [0.15, 0.2) is 5.78 Å². The number of carbonyl (C=O) groups excluding carboxylic acids is 2. The fourth-order valence-corrected chi connectivity index (χ4v) is 4.08. The first-order valence-corrected chi connectivity index (χ1v) is 11.4. The Morgan fingerprint density at radius 3 is 2.50 bits per heavy atom. The van der Waals surface area contributed by atoms with Crippen molar-refractivity contribution in [1.29, 1.82) is 0 Å². The smallest absolute Gasteiger partial charge is 0.269 e. The Bertz CT molecular complexity index is 1200. The van der Waals surface area contributed by atoms with Crippen LogP contribution in [0.15, 0.2) is 35.1 Å². The Labute approximate surface area is 196 Å². The molecule has 0 radical (unpaired) electrons. The van der Waals surface area contributed by atoms with Crippen LogP contribution in [0.1, 0.15) is 40.2 Å². The number of hydrogen-bond donors (Lipinski definition) is 0. The maximum Gasteiger partial charge on any atom is 0.269 e. The van der Waals surface area contributed by atoms with Gasteiger partial charge < -0.3 is 4.90 Å². The molecule has 1 amide bonds. The minimum Gasteiger partial charge on any atom is -0.337 e. The molecule has 5 nitrogen and oxygen atoms in total. The summed E-state index contributed by atoms with van der Waals surface area (Å²) in [4.78, 5) is 40.3. The van der Waals surface area contributed by atoms with Crippen LogP contribution in [0, 0.1) is 11.2 Å². The summed E-state index contributed by atoms with van der Waals surface area (Å²) in [6.07, 6.45) is 2.73. The Hall–Kier alpha value is -2.51. The van der Waals surface area contributed by atoms with Gasteiger partial charge in [-0.1, -0.05) is 50.6 Å². The highest BCUT2D eigenvalue weighted by Crippen LogP contribution is 2.19. The largest absolute Gasteiger partial charge is 0.337 e. The molecule has 0 aliphatic rings. The molecule has 0 atom stereocenters. The number of ketones is 1. The number of thiazole rings is 1. The van der Waals surface area contributed by atoms with Crippen LogP contribution in [-0.4, -0.2) is 34.2 Å². The van der Waals surface area contributed by atoms with Gasteiger partial charge >= 0.3 is 0 Å². The summed E-state index contributed by atoms with van der Waals surface area (Å²) in [7, 11) is 0. The first-order valence-electron chi connectivity index (χ1n) is 10.2. The van der Waals surface area contributed by atoms with Crippen LogP contribution < -0.4 is 14.8 Å².